The second-order valence-electron chi connectivity index (χ2n) is 4.14. The van der Waals surface area contributed by atoms with Crippen LogP contribution < -0.4 is 5.32 Å². The van der Waals surface area contributed by atoms with Crippen LogP contribution in [0.4, 0.5) is 4.39 Å². The Morgan fingerprint density at radius 2 is 1.94 bits per heavy atom. The standard InChI is InChI=1S/C14H16FNO/c1-10-7-8-17-14(10)13(16-2)9-11-3-5-12(15)6-4-11/h3-8,13,16H,9H2,1-2H3. The number of benzene rings is 1. The van der Waals surface area contributed by atoms with Crippen LogP contribution in [0.1, 0.15) is 22.9 Å². The van der Waals surface area contributed by atoms with E-state index in [1.54, 1.807) is 18.4 Å². The van der Waals surface area contributed by atoms with Gasteiger partial charge >= 0.3 is 0 Å². The third-order valence-corrected chi connectivity index (χ3v) is 2.92. The predicted octanol–water partition coefficient (Wildman–Crippen LogP) is 3.23. The molecule has 90 valence electrons. The number of halogens is 1. The van der Waals surface area contributed by atoms with Gasteiger partial charge in [-0.15, -0.1) is 0 Å². The van der Waals surface area contributed by atoms with Crippen LogP contribution in [-0.4, -0.2) is 7.05 Å². The van der Waals surface area contributed by atoms with Gasteiger partial charge in [0.15, 0.2) is 0 Å². The first-order chi connectivity index (χ1) is 8.20. The summed E-state index contributed by atoms with van der Waals surface area (Å²) in [4.78, 5) is 0. The Labute approximate surface area is 100 Å². The first kappa shape index (κ1) is 11.9. The van der Waals surface area contributed by atoms with Crippen molar-refractivity contribution in [1.29, 1.82) is 0 Å². The Bertz CT molecular complexity index is 475. The summed E-state index contributed by atoms with van der Waals surface area (Å²) in [6, 6.07) is 8.64. The van der Waals surface area contributed by atoms with E-state index in [4.69, 9.17) is 4.42 Å². The fraction of sp³-hybridized carbons (Fsp3) is 0.286. The largest absolute Gasteiger partial charge is 0.467 e. The van der Waals surface area contributed by atoms with Gasteiger partial charge in [-0.2, -0.15) is 0 Å². The molecule has 1 atom stereocenters. The number of likely N-dealkylation sites (N-methyl/N-ethyl adjacent to an activating group) is 1. The maximum absolute atomic E-state index is 12.8. The molecule has 2 nitrogen and oxygen atoms in total. The quantitative estimate of drug-likeness (QED) is 0.877. The van der Waals surface area contributed by atoms with Gasteiger partial charge < -0.3 is 9.73 Å². The maximum Gasteiger partial charge on any atom is 0.123 e. The predicted molar refractivity (Wildman–Crippen MR) is 65.3 cm³/mol. The summed E-state index contributed by atoms with van der Waals surface area (Å²) < 4.78 is 18.3. The Balaban J connectivity index is 2.16. The summed E-state index contributed by atoms with van der Waals surface area (Å²) in [6.07, 6.45) is 2.48. The maximum atomic E-state index is 12.8. The van der Waals surface area contributed by atoms with E-state index in [1.807, 2.05) is 20.0 Å². The van der Waals surface area contributed by atoms with Gasteiger partial charge in [0.05, 0.1) is 12.3 Å². The van der Waals surface area contributed by atoms with Crippen LogP contribution in [0.5, 0.6) is 0 Å². The zero-order valence-corrected chi connectivity index (χ0v) is 10.0. The van der Waals surface area contributed by atoms with Crippen LogP contribution in [0.3, 0.4) is 0 Å². The summed E-state index contributed by atoms with van der Waals surface area (Å²) in [5.74, 6) is 0.737. The summed E-state index contributed by atoms with van der Waals surface area (Å²) in [5.41, 5.74) is 2.22. The minimum Gasteiger partial charge on any atom is -0.467 e. The van der Waals surface area contributed by atoms with E-state index < -0.39 is 0 Å². The van der Waals surface area contributed by atoms with Gasteiger partial charge in [-0.3, -0.25) is 0 Å². The zero-order valence-electron chi connectivity index (χ0n) is 10.0. The lowest BCUT2D eigenvalue weighted by atomic mass is 10.0. The van der Waals surface area contributed by atoms with Crippen LogP contribution in [0.15, 0.2) is 41.0 Å². The molecule has 0 saturated heterocycles. The smallest absolute Gasteiger partial charge is 0.123 e. The first-order valence-corrected chi connectivity index (χ1v) is 5.66. The molecule has 0 saturated carbocycles. The highest BCUT2D eigenvalue weighted by Gasteiger charge is 2.15. The number of hydrogen-bond acceptors (Lipinski definition) is 2. The summed E-state index contributed by atoms with van der Waals surface area (Å²) in [5, 5.41) is 3.22. The molecule has 0 aliphatic heterocycles. The molecule has 0 radical (unpaired) electrons. The molecule has 0 fully saturated rings. The van der Waals surface area contributed by atoms with Gasteiger partial charge in [0.2, 0.25) is 0 Å². The Hall–Kier alpha value is -1.61. The van der Waals surface area contributed by atoms with E-state index >= 15 is 0 Å². The number of rotatable bonds is 4. The Morgan fingerprint density at radius 3 is 2.47 bits per heavy atom. The first-order valence-electron chi connectivity index (χ1n) is 5.66. The molecule has 0 spiro atoms. The minimum absolute atomic E-state index is 0.121. The van der Waals surface area contributed by atoms with Gasteiger partial charge in [-0.25, -0.2) is 4.39 Å². The number of furan rings is 1. The van der Waals surface area contributed by atoms with Crippen molar-refractivity contribution < 1.29 is 8.81 Å². The van der Waals surface area contributed by atoms with E-state index in [2.05, 4.69) is 5.32 Å². The van der Waals surface area contributed by atoms with Crippen LogP contribution in [0.25, 0.3) is 0 Å². The Kier molecular flexibility index (Phi) is 3.59. The van der Waals surface area contributed by atoms with E-state index in [-0.39, 0.29) is 11.9 Å². The third kappa shape index (κ3) is 2.74. The topological polar surface area (TPSA) is 25.2 Å². The molecule has 1 heterocycles. The van der Waals surface area contributed by atoms with Crippen molar-refractivity contribution in [3.63, 3.8) is 0 Å². The number of aryl methyl sites for hydroxylation is 1. The molecular weight excluding hydrogens is 217 g/mol. The van der Waals surface area contributed by atoms with E-state index in [9.17, 15) is 4.39 Å². The van der Waals surface area contributed by atoms with Crippen molar-refractivity contribution >= 4 is 0 Å². The highest BCUT2D eigenvalue weighted by Crippen LogP contribution is 2.22. The van der Waals surface area contributed by atoms with Crippen LogP contribution in [0, 0.1) is 12.7 Å². The van der Waals surface area contributed by atoms with Crippen LogP contribution in [-0.2, 0) is 6.42 Å². The molecule has 1 unspecified atom stereocenters. The van der Waals surface area contributed by atoms with Crippen LogP contribution in [0.2, 0.25) is 0 Å². The molecule has 2 aromatic rings. The molecule has 1 N–H and O–H groups in total. The van der Waals surface area contributed by atoms with Gasteiger partial charge in [0, 0.05) is 0 Å². The van der Waals surface area contributed by atoms with Crippen molar-refractivity contribution in [3.8, 4) is 0 Å². The van der Waals surface area contributed by atoms with Crippen molar-refractivity contribution in [1.82, 2.24) is 5.32 Å². The molecular formula is C14H16FNO. The molecule has 1 aromatic heterocycles. The van der Waals surface area contributed by atoms with E-state index in [1.165, 1.54) is 12.1 Å². The second-order valence-corrected chi connectivity index (χ2v) is 4.14. The highest BCUT2D eigenvalue weighted by molar-refractivity contribution is 5.23. The number of nitrogens with one attached hydrogen (secondary N) is 1. The lowest BCUT2D eigenvalue weighted by molar-refractivity contribution is 0.426. The Morgan fingerprint density at radius 1 is 1.24 bits per heavy atom. The third-order valence-electron chi connectivity index (χ3n) is 2.92. The van der Waals surface area contributed by atoms with Crippen LogP contribution >= 0.6 is 0 Å². The summed E-state index contributed by atoms with van der Waals surface area (Å²) >= 11 is 0. The molecule has 0 bridgehead atoms. The van der Waals surface area contributed by atoms with Crippen molar-refractivity contribution in [2.75, 3.05) is 7.05 Å². The molecule has 3 heteroatoms. The zero-order chi connectivity index (χ0) is 12.3. The average Bonchev–Trinajstić information content (AvgIpc) is 2.75. The molecule has 17 heavy (non-hydrogen) atoms. The fourth-order valence-corrected chi connectivity index (χ4v) is 1.92. The van der Waals surface area contributed by atoms with Gasteiger partial charge in [0.25, 0.3) is 0 Å². The lowest BCUT2D eigenvalue weighted by Crippen LogP contribution is -2.19. The van der Waals surface area contributed by atoms with Gasteiger partial charge in [-0.1, -0.05) is 12.1 Å². The van der Waals surface area contributed by atoms with E-state index in [0.29, 0.717) is 0 Å². The molecule has 0 aliphatic carbocycles. The SMILES string of the molecule is CNC(Cc1ccc(F)cc1)c1occc1C. The monoisotopic (exact) mass is 233 g/mol. The van der Waals surface area contributed by atoms with Gasteiger partial charge in [-0.05, 0) is 49.7 Å². The van der Waals surface area contributed by atoms with Crippen molar-refractivity contribution in [3.05, 3.63) is 59.3 Å². The summed E-state index contributed by atoms with van der Waals surface area (Å²) in [6.45, 7) is 2.02. The van der Waals surface area contributed by atoms with E-state index in [0.717, 1.165) is 23.3 Å². The number of hydrogen-bond donors (Lipinski definition) is 1. The fourth-order valence-electron chi connectivity index (χ4n) is 1.92. The average molecular weight is 233 g/mol. The molecule has 2 rings (SSSR count). The minimum atomic E-state index is -0.205. The second kappa shape index (κ2) is 5.15. The van der Waals surface area contributed by atoms with Crippen molar-refractivity contribution in [2.45, 2.75) is 19.4 Å². The molecule has 0 amide bonds. The van der Waals surface area contributed by atoms with Crippen molar-refractivity contribution in [2.24, 2.45) is 0 Å². The molecule has 0 aliphatic rings. The lowest BCUT2D eigenvalue weighted by Gasteiger charge is -2.14. The normalized spacial score (nSPS) is 12.6. The molecule has 1 aromatic carbocycles. The van der Waals surface area contributed by atoms with Gasteiger partial charge in [0.1, 0.15) is 11.6 Å². The highest BCUT2D eigenvalue weighted by atomic mass is 19.1. The summed E-state index contributed by atoms with van der Waals surface area (Å²) in [7, 11) is 1.90.